The molecule has 3 rings (SSSR count). The molecule has 2 aromatic rings. The topological polar surface area (TPSA) is 85.8 Å². The van der Waals surface area contributed by atoms with E-state index in [2.05, 4.69) is 0 Å². The van der Waals surface area contributed by atoms with Crippen LogP contribution in [0.1, 0.15) is 21.5 Å². The Kier molecular flexibility index (Phi) is 5.11. The molecule has 23 heavy (non-hydrogen) atoms. The molecular weight excluding hydrogens is 364 g/mol. The van der Waals surface area contributed by atoms with E-state index in [1.54, 1.807) is 26.0 Å². The number of carbonyl (C=O) groups is 1. The van der Waals surface area contributed by atoms with Crippen LogP contribution in [0.15, 0.2) is 21.3 Å². The van der Waals surface area contributed by atoms with E-state index in [1.807, 2.05) is 4.90 Å². The van der Waals surface area contributed by atoms with Crippen LogP contribution in [-0.4, -0.2) is 32.2 Å². The van der Waals surface area contributed by atoms with Crippen molar-refractivity contribution in [1.29, 1.82) is 0 Å². The summed E-state index contributed by atoms with van der Waals surface area (Å²) < 4.78 is 11.3. The SMILES string of the molecule is Br.Cc1c(N2CCOCC2)oc2ccc(C(N)=O)c(C)c2c1=O. The number of nitrogens with zero attached hydrogens (tertiary/aromatic N) is 1. The number of anilines is 1. The molecule has 6 nitrogen and oxygen atoms in total. The van der Waals surface area contributed by atoms with Crippen molar-refractivity contribution in [2.75, 3.05) is 31.2 Å². The lowest BCUT2D eigenvalue weighted by Crippen LogP contribution is -2.37. The Bertz CT molecular complexity index is 810. The molecular formula is C16H19BrN2O4. The third kappa shape index (κ3) is 2.98. The Morgan fingerprint density at radius 1 is 1.17 bits per heavy atom. The molecule has 0 bridgehead atoms. The van der Waals surface area contributed by atoms with Gasteiger partial charge < -0.3 is 19.8 Å². The summed E-state index contributed by atoms with van der Waals surface area (Å²) in [4.78, 5) is 26.2. The van der Waals surface area contributed by atoms with Crippen molar-refractivity contribution in [2.45, 2.75) is 13.8 Å². The van der Waals surface area contributed by atoms with Crippen molar-refractivity contribution in [3.8, 4) is 0 Å². The molecule has 124 valence electrons. The van der Waals surface area contributed by atoms with E-state index in [9.17, 15) is 9.59 Å². The van der Waals surface area contributed by atoms with Crippen molar-refractivity contribution >= 4 is 39.7 Å². The Morgan fingerprint density at radius 3 is 2.43 bits per heavy atom. The van der Waals surface area contributed by atoms with Gasteiger partial charge in [-0.2, -0.15) is 0 Å². The molecule has 1 aromatic heterocycles. The summed E-state index contributed by atoms with van der Waals surface area (Å²) in [6, 6.07) is 3.23. The van der Waals surface area contributed by atoms with E-state index < -0.39 is 5.91 Å². The van der Waals surface area contributed by atoms with Gasteiger partial charge in [0.1, 0.15) is 5.58 Å². The third-order valence-corrected chi connectivity index (χ3v) is 4.09. The van der Waals surface area contributed by atoms with Crippen molar-refractivity contribution in [3.05, 3.63) is 39.0 Å². The van der Waals surface area contributed by atoms with Crippen LogP contribution in [0.2, 0.25) is 0 Å². The lowest BCUT2D eigenvalue weighted by molar-refractivity contribution is 0.1000. The lowest BCUT2D eigenvalue weighted by Gasteiger charge is -2.28. The summed E-state index contributed by atoms with van der Waals surface area (Å²) in [7, 11) is 0. The minimum Gasteiger partial charge on any atom is -0.440 e. The van der Waals surface area contributed by atoms with Gasteiger partial charge in [0.2, 0.25) is 11.8 Å². The van der Waals surface area contributed by atoms with Gasteiger partial charge in [-0.05, 0) is 31.5 Å². The number of fused-ring (bicyclic) bond motifs is 1. The van der Waals surface area contributed by atoms with Gasteiger partial charge in [0.25, 0.3) is 0 Å². The molecule has 2 heterocycles. The predicted molar refractivity (Wildman–Crippen MR) is 93.8 cm³/mol. The molecule has 0 aliphatic carbocycles. The molecule has 0 spiro atoms. The van der Waals surface area contributed by atoms with Crippen LogP contribution in [0.5, 0.6) is 0 Å². The Morgan fingerprint density at radius 2 is 1.83 bits per heavy atom. The number of hydrogen-bond donors (Lipinski definition) is 1. The highest BCUT2D eigenvalue weighted by molar-refractivity contribution is 8.93. The monoisotopic (exact) mass is 382 g/mol. The number of ether oxygens (including phenoxy) is 1. The molecule has 1 amide bonds. The highest BCUT2D eigenvalue weighted by Crippen LogP contribution is 2.26. The molecule has 0 saturated carbocycles. The van der Waals surface area contributed by atoms with Gasteiger partial charge in [-0.3, -0.25) is 9.59 Å². The van der Waals surface area contributed by atoms with E-state index in [0.29, 0.717) is 59.8 Å². The second-order valence-electron chi connectivity index (χ2n) is 5.44. The second-order valence-corrected chi connectivity index (χ2v) is 5.44. The number of hydrogen-bond acceptors (Lipinski definition) is 5. The molecule has 0 atom stereocenters. The summed E-state index contributed by atoms with van der Waals surface area (Å²) in [6.45, 7) is 6.06. The fourth-order valence-corrected chi connectivity index (χ4v) is 2.85. The minimum absolute atomic E-state index is 0. The van der Waals surface area contributed by atoms with Crippen molar-refractivity contribution in [2.24, 2.45) is 5.73 Å². The first kappa shape index (κ1) is 17.5. The van der Waals surface area contributed by atoms with E-state index in [-0.39, 0.29) is 22.4 Å². The fraction of sp³-hybridized carbons (Fsp3) is 0.375. The average Bonchev–Trinajstić information content (AvgIpc) is 2.51. The molecule has 0 unspecified atom stereocenters. The molecule has 0 radical (unpaired) electrons. The molecule has 1 aliphatic rings. The van der Waals surface area contributed by atoms with Gasteiger partial charge in [-0.25, -0.2) is 0 Å². The molecule has 1 fully saturated rings. The quantitative estimate of drug-likeness (QED) is 0.857. The number of nitrogens with two attached hydrogens (primary N) is 1. The van der Waals surface area contributed by atoms with Crippen molar-refractivity contribution in [3.63, 3.8) is 0 Å². The smallest absolute Gasteiger partial charge is 0.248 e. The van der Waals surface area contributed by atoms with Gasteiger partial charge in [0.05, 0.1) is 24.2 Å². The number of halogens is 1. The second kappa shape index (κ2) is 6.72. The van der Waals surface area contributed by atoms with Gasteiger partial charge in [-0.1, -0.05) is 0 Å². The summed E-state index contributed by atoms with van der Waals surface area (Å²) in [6.07, 6.45) is 0. The number of primary amides is 1. The van der Waals surface area contributed by atoms with Crippen LogP contribution >= 0.6 is 17.0 Å². The maximum Gasteiger partial charge on any atom is 0.248 e. The van der Waals surface area contributed by atoms with E-state index in [0.717, 1.165) is 0 Å². The molecule has 2 N–H and O–H groups in total. The molecule has 1 aromatic carbocycles. The third-order valence-electron chi connectivity index (χ3n) is 4.09. The van der Waals surface area contributed by atoms with Gasteiger partial charge in [-0.15, -0.1) is 17.0 Å². The summed E-state index contributed by atoms with van der Waals surface area (Å²) in [5.74, 6) is 0.0285. The van der Waals surface area contributed by atoms with Gasteiger partial charge in [0.15, 0.2) is 5.43 Å². The van der Waals surface area contributed by atoms with Crippen LogP contribution < -0.4 is 16.1 Å². The minimum atomic E-state index is -0.547. The zero-order valence-electron chi connectivity index (χ0n) is 13.0. The molecule has 1 saturated heterocycles. The highest BCUT2D eigenvalue weighted by Gasteiger charge is 2.21. The van der Waals surface area contributed by atoms with Crippen LogP contribution in [0.25, 0.3) is 11.0 Å². The van der Waals surface area contributed by atoms with Crippen LogP contribution in [0.3, 0.4) is 0 Å². The maximum absolute atomic E-state index is 12.7. The first-order valence-corrected chi connectivity index (χ1v) is 7.20. The Labute approximate surface area is 144 Å². The lowest BCUT2D eigenvalue weighted by atomic mass is 10.0. The van der Waals surface area contributed by atoms with Crippen LogP contribution in [0.4, 0.5) is 5.88 Å². The predicted octanol–water partition coefficient (Wildman–Crippen LogP) is 1.92. The summed E-state index contributed by atoms with van der Waals surface area (Å²) in [5.41, 5.74) is 7.15. The number of morpholine rings is 1. The van der Waals surface area contributed by atoms with E-state index >= 15 is 0 Å². The van der Waals surface area contributed by atoms with Crippen LogP contribution in [0, 0.1) is 13.8 Å². The van der Waals surface area contributed by atoms with Crippen molar-refractivity contribution in [1.82, 2.24) is 0 Å². The zero-order chi connectivity index (χ0) is 15.9. The normalized spacial score (nSPS) is 14.6. The number of amides is 1. The number of rotatable bonds is 2. The highest BCUT2D eigenvalue weighted by atomic mass is 79.9. The molecule has 1 aliphatic heterocycles. The average molecular weight is 383 g/mol. The number of aryl methyl sites for hydroxylation is 1. The Hall–Kier alpha value is -1.86. The van der Waals surface area contributed by atoms with E-state index in [1.165, 1.54) is 0 Å². The first-order valence-electron chi connectivity index (χ1n) is 7.20. The summed E-state index contributed by atoms with van der Waals surface area (Å²) >= 11 is 0. The van der Waals surface area contributed by atoms with E-state index in [4.69, 9.17) is 14.9 Å². The van der Waals surface area contributed by atoms with Gasteiger partial charge in [0, 0.05) is 18.7 Å². The summed E-state index contributed by atoms with van der Waals surface area (Å²) in [5, 5.41) is 0.422. The fourth-order valence-electron chi connectivity index (χ4n) is 2.85. The van der Waals surface area contributed by atoms with Crippen LogP contribution in [-0.2, 0) is 4.74 Å². The largest absolute Gasteiger partial charge is 0.440 e. The zero-order valence-corrected chi connectivity index (χ0v) is 14.8. The number of carbonyl (C=O) groups excluding carboxylic acids is 1. The van der Waals surface area contributed by atoms with Crippen molar-refractivity contribution < 1.29 is 13.9 Å². The molecule has 7 heteroatoms. The maximum atomic E-state index is 12.7. The first-order chi connectivity index (χ1) is 10.5. The standard InChI is InChI=1S/C16H18N2O4.BrH/c1-9-11(15(17)20)3-4-12-13(9)14(19)10(2)16(22-12)18-5-7-21-8-6-18;/h3-4H,5-8H2,1-2H3,(H2,17,20);1H. The Balaban J connectivity index is 0.00000192. The van der Waals surface area contributed by atoms with Gasteiger partial charge >= 0.3 is 0 Å². The number of benzene rings is 1.